The molecule has 3 aromatic carbocycles. The largest absolute Gasteiger partial charge is 0.464 e. The molecule has 1 amide bonds. The van der Waals surface area contributed by atoms with Crippen molar-refractivity contribution in [3.05, 3.63) is 101 Å². The summed E-state index contributed by atoms with van der Waals surface area (Å²) in [6.07, 6.45) is -6.20. The number of hydrogen-bond acceptors (Lipinski definition) is 4. The first-order valence-electron chi connectivity index (χ1n) is 11.5. The van der Waals surface area contributed by atoms with Gasteiger partial charge in [0.15, 0.2) is 5.69 Å². The highest BCUT2D eigenvalue weighted by Gasteiger charge is 2.39. The van der Waals surface area contributed by atoms with E-state index in [1.54, 1.807) is 80.6 Å². The van der Waals surface area contributed by atoms with Crippen LogP contribution in [-0.2, 0) is 22.6 Å². The van der Waals surface area contributed by atoms with Gasteiger partial charge in [-0.05, 0) is 55.7 Å². The lowest BCUT2D eigenvalue weighted by Crippen LogP contribution is -2.37. The lowest BCUT2D eigenvalue weighted by atomic mass is 10.0. The zero-order valence-electron chi connectivity index (χ0n) is 20.5. The van der Waals surface area contributed by atoms with Crippen LogP contribution in [0.1, 0.15) is 22.5 Å². The average molecular weight is 544 g/mol. The number of nitrogens with zero attached hydrogens (tertiary/aromatic N) is 3. The van der Waals surface area contributed by atoms with Crippen LogP contribution in [0.15, 0.2) is 83.8 Å². The summed E-state index contributed by atoms with van der Waals surface area (Å²) >= 11 is 0. The van der Waals surface area contributed by atoms with Crippen LogP contribution in [-0.4, -0.2) is 40.2 Å². The molecule has 0 fully saturated rings. The van der Waals surface area contributed by atoms with Crippen molar-refractivity contribution in [3.8, 4) is 16.8 Å². The van der Waals surface area contributed by atoms with E-state index in [0.29, 0.717) is 26.8 Å². The van der Waals surface area contributed by atoms with E-state index in [-0.39, 0.29) is 23.4 Å². The summed E-state index contributed by atoms with van der Waals surface area (Å²) < 4.78 is 68.7. The Morgan fingerprint density at radius 3 is 2.11 bits per heavy atom. The molecule has 0 aliphatic heterocycles. The molecule has 1 aromatic heterocycles. The molecule has 11 heteroatoms. The molecule has 0 saturated heterocycles. The lowest BCUT2D eigenvalue weighted by Gasteiger charge is -2.19. The van der Waals surface area contributed by atoms with Gasteiger partial charge >= 0.3 is 12.3 Å². The van der Waals surface area contributed by atoms with E-state index in [0.717, 1.165) is 5.56 Å². The van der Waals surface area contributed by atoms with E-state index in [9.17, 15) is 31.5 Å². The van der Waals surface area contributed by atoms with Crippen molar-refractivity contribution in [2.75, 3.05) is 6.54 Å². The normalized spacial score (nSPS) is 11.9. The molecule has 0 aliphatic rings. The van der Waals surface area contributed by atoms with Crippen LogP contribution >= 0.6 is 0 Å². The Labute approximate surface area is 217 Å². The fraction of sp³-hybridized carbons (Fsp3) is 0.185. The number of benzene rings is 3. The predicted octanol–water partition coefficient (Wildman–Crippen LogP) is 6.09. The van der Waals surface area contributed by atoms with Crippen molar-refractivity contribution < 1.29 is 31.5 Å². The molecule has 0 spiro atoms. The van der Waals surface area contributed by atoms with Crippen LogP contribution < -0.4 is 0 Å². The summed E-state index contributed by atoms with van der Waals surface area (Å²) in [6, 6.07) is 20.4. The quantitative estimate of drug-likeness (QED) is 0.305. The third-order valence-electron chi connectivity index (χ3n) is 6.05. The minimum absolute atomic E-state index is 0.0133. The molecule has 1 N–H and O–H groups in total. The summed E-state index contributed by atoms with van der Waals surface area (Å²) in [6.45, 7) is 3.01. The predicted molar refractivity (Wildman–Crippen MR) is 136 cm³/mol. The molecular weight excluding hydrogens is 519 g/mol. The summed E-state index contributed by atoms with van der Waals surface area (Å²) in [5.41, 5.74) is 1.49. The van der Waals surface area contributed by atoms with E-state index >= 15 is 0 Å². The third-order valence-corrected chi connectivity index (χ3v) is 7.84. The molecular formula is C27H24F3N3O4S. The van der Waals surface area contributed by atoms with Crippen molar-refractivity contribution in [1.29, 1.82) is 0 Å². The number of amides is 1. The van der Waals surface area contributed by atoms with Crippen molar-refractivity contribution in [3.63, 3.8) is 0 Å². The smallest absolute Gasteiger partial charge is 0.435 e. The summed E-state index contributed by atoms with van der Waals surface area (Å²) in [4.78, 5) is 11.6. The van der Waals surface area contributed by atoms with Crippen molar-refractivity contribution in [2.24, 2.45) is 0 Å². The maximum Gasteiger partial charge on any atom is 0.435 e. The summed E-state index contributed by atoms with van der Waals surface area (Å²) in [5, 5.41) is 13.4. The number of rotatable bonds is 7. The van der Waals surface area contributed by atoms with E-state index in [4.69, 9.17) is 0 Å². The standard InChI is InChI=1S/C27H24F3N3O4S/c1-18-8-14-23(15-9-18)38(36,37)32(26(34)35)17-16-20-10-12-22(13-11-20)33-19(2)24(21-6-4-3-5-7-21)25(31-33)27(28,29)30/h3-15H,16-17H2,1-2H3,(H,34,35). The van der Waals surface area contributed by atoms with Gasteiger partial charge in [0.2, 0.25) is 0 Å². The van der Waals surface area contributed by atoms with Crippen LogP contribution in [0, 0.1) is 13.8 Å². The molecule has 0 unspecified atom stereocenters. The fourth-order valence-corrected chi connectivity index (χ4v) is 5.36. The van der Waals surface area contributed by atoms with Gasteiger partial charge in [0.25, 0.3) is 10.0 Å². The highest BCUT2D eigenvalue weighted by atomic mass is 32.2. The van der Waals surface area contributed by atoms with Gasteiger partial charge in [-0.2, -0.15) is 18.3 Å². The van der Waals surface area contributed by atoms with Crippen LogP contribution in [0.25, 0.3) is 16.8 Å². The number of halogens is 3. The Balaban J connectivity index is 1.59. The zero-order valence-corrected chi connectivity index (χ0v) is 21.3. The van der Waals surface area contributed by atoms with Crippen LogP contribution in [0.2, 0.25) is 0 Å². The Morgan fingerprint density at radius 1 is 0.947 bits per heavy atom. The van der Waals surface area contributed by atoms with Gasteiger partial charge in [0.05, 0.1) is 10.6 Å². The monoisotopic (exact) mass is 543 g/mol. The first-order valence-corrected chi connectivity index (χ1v) is 13.0. The Hall–Kier alpha value is -4.12. The molecule has 1 heterocycles. The summed E-state index contributed by atoms with van der Waals surface area (Å²) in [7, 11) is -4.27. The van der Waals surface area contributed by atoms with E-state index < -0.39 is 28.0 Å². The number of carboxylic acid groups (broad SMARTS) is 1. The Kier molecular flexibility index (Phi) is 7.32. The minimum atomic E-state index is -4.66. The zero-order chi connectivity index (χ0) is 27.7. The maximum atomic E-state index is 13.8. The fourth-order valence-electron chi connectivity index (χ4n) is 4.09. The molecule has 0 saturated carbocycles. The van der Waals surface area contributed by atoms with Crippen molar-refractivity contribution >= 4 is 16.1 Å². The molecule has 0 aliphatic carbocycles. The first-order chi connectivity index (χ1) is 17.9. The minimum Gasteiger partial charge on any atom is -0.464 e. The maximum absolute atomic E-state index is 13.8. The van der Waals surface area contributed by atoms with Gasteiger partial charge in [-0.1, -0.05) is 60.2 Å². The molecule has 38 heavy (non-hydrogen) atoms. The molecule has 4 rings (SSSR count). The molecule has 0 atom stereocenters. The lowest BCUT2D eigenvalue weighted by molar-refractivity contribution is -0.140. The van der Waals surface area contributed by atoms with Gasteiger partial charge in [-0.3, -0.25) is 0 Å². The second kappa shape index (κ2) is 10.3. The number of hydrogen-bond donors (Lipinski definition) is 1. The van der Waals surface area contributed by atoms with E-state index in [2.05, 4.69) is 5.10 Å². The SMILES string of the molecule is Cc1ccc(S(=O)(=O)N(CCc2ccc(-n3nc(C(F)(F)F)c(-c4ccccc4)c3C)cc2)C(=O)O)cc1. The molecule has 7 nitrogen and oxygen atoms in total. The van der Waals surface area contributed by atoms with Crippen LogP contribution in [0.5, 0.6) is 0 Å². The second-order valence-corrected chi connectivity index (χ2v) is 10.5. The molecule has 0 bridgehead atoms. The number of sulfonamides is 1. The number of alkyl halides is 3. The summed E-state index contributed by atoms with van der Waals surface area (Å²) in [5.74, 6) is 0. The number of aromatic nitrogens is 2. The molecule has 4 aromatic rings. The van der Waals surface area contributed by atoms with E-state index in [1.807, 2.05) is 0 Å². The Morgan fingerprint density at radius 2 is 1.55 bits per heavy atom. The topological polar surface area (TPSA) is 92.5 Å². The van der Waals surface area contributed by atoms with E-state index in [1.165, 1.54) is 16.8 Å². The van der Waals surface area contributed by atoms with Crippen LogP contribution in [0.3, 0.4) is 0 Å². The van der Waals surface area contributed by atoms with Gasteiger partial charge in [0, 0.05) is 17.8 Å². The number of carbonyl (C=O) groups is 1. The second-order valence-electron chi connectivity index (χ2n) is 8.67. The van der Waals surface area contributed by atoms with Crippen molar-refractivity contribution in [2.45, 2.75) is 31.3 Å². The van der Waals surface area contributed by atoms with Gasteiger partial charge in [-0.25, -0.2) is 22.2 Å². The van der Waals surface area contributed by atoms with Gasteiger partial charge in [-0.15, -0.1) is 0 Å². The number of aryl methyl sites for hydroxylation is 1. The first kappa shape index (κ1) is 26.9. The highest BCUT2D eigenvalue weighted by Crippen LogP contribution is 2.39. The van der Waals surface area contributed by atoms with Gasteiger partial charge < -0.3 is 5.11 Å². The van der Waals surface area contributed by atoms with Crippen LogP contribution in [0.4, 0.5) is 18.0 Å². The molecule has 198 valence electrons. The van der Waals surface area contributed by atoms with Gasteiger partial charge in [0.1, 0.15) is 0 Å². The average Bonchev–Trinajstić information content (AvgIpc) is 3.22. The van der Waals surface area contributed by atoms with Crippen molar-refractivity contribution in [1.82, 2.24) is 14.1 Å². The molecule has 0 radical (unpaired) electrons. The highest BCUT2D eigenvalue weighted by molar-refractivity contribution is 7.89. The Bertz CT molecular complexity index is 1550. The third kappa shape index (κ3) is 5.42.